The molecule has 0 radical (unpaired) electrons. The maximum absolute atomic E-state index is 12.7. The fourth-order valence-corrected chi connectivity index (χ4v) is 1.51. The van der Waals surface area contributed by atoms with Gasteiger partial charge in [0.2, 0.25) is 0 Å². The van der Waals surface area contributed by atoms with E-state index in [9.17, 15) is 9.18 Å². The number of nitrogens with zero attached hydrogens (tertiary/aromatic N) is 1. The van der Waals surface area contributed by atoms with Crippen LogP contribution >= 0.6 is 0 Å². The summed E-state index contributed by atoms with van der Waals surface area (Å²) in [6, 6.07) is 6.02. The topological polar surface area (TPSA) is 40.5 Å². The Bertz CT molecular complexity index is 351. The molecule has 1 aromatic carbocycles. The number of aliphatic carboxylic acids is 1. The first-order chi connectivity index (χ1) is 7.54. The van der Waals surface area contributed by atoms with Crippen LogP contribution in [0, 0.1) is 11.7 Å². The van der Waals surface area contributed by atoms with Gasteiger partial charge in [0.25, 0.3) is 0 Å². The fraction of sp³-hybridized carbons (Fsp3) is 0.417. The maximum atomic E-state index is 12.7. The Balaban J connectivity index is 2.67. The van der Waals surface area contributed by atoms with E-state index in [2.05, 4.69) is 0 Å². The number of carboxylic acid groups (broad SMARTS) is 1. The smallest absolute Gasteiger partial charge is 0.308 e. The highest BCUT2D eigenvalue weighted by Gasteiger charge is 2.17. The van der Waals surface area contributed by atoms with Crippen molar-refractivity contribution in [2.75, 3.05) is 18.5 Å². The quantitative estimate of drug-likeness (QED) is 0.836. The van der Waals surface area contributed by atoms with E-state index in [1.807, 2.05) is 11.8 Å². The van der Waals surface area contributed by atoms with E-state index in [1.54, 1.807) is 19.2 Å². The number of anilines is 1. The number of carbonyl (C=O) groups is 1. The number of hydrogen-bond acceptors (Lipinski definition) is 2. The van der Waals surface area contributed by atoms with Gasteiger partial charge < -0.3 is 10.0 Å². The Morgan fingerprint density at radius 1 is 1.44 bits per heavy atom. The Morgan fingerprint density at radius 2 is 2.00 bits per heavy atom. The highest BCUT2D eigenvalue weighted by Crippen LogP contribution is 2.15. The summed E-state index contributed by atoms with van der Waals surface area (Å²) in [6.45, 7) is 2.27. The molecule has 3 nitrogen and oxygen atoms in total. The number of carboxylic acids is 1. The molecule has 0 aliphatic rings. The van der Waals surface area contributed by atoms with Gasteiger partial charge in [-0.05, 0) is 30.7 Å². The van der Waals surface area contributed by atoms with Crippen LogP contribution in [-0.2, 0) is 4.79 Å². The van der Waals surface area contributed by atoms with E-state index in [4.69, 9.17) is 5.11 Å². The van der Waals surface area contributed by atoms with Gasteiger partial charge in [-0.3, -0.25) is 4.79 Å². The number of benzene rings is 1. The average molecular weight is 225 g/mol. The Morgan fingerprint density at radius 3 is 2.44 bits per heavy atom. The van der Waals surface area contributed by atoms with Crippen molar-refractivity contribution < 1.29 is 14.3 Å². The summed E-state index contributed by atoms with van der Waals surface area (Å²) in [5.74, 6) is -1.48. The molecule has 0 aliphatic carbocycles. The van der Waals surface area contributed by atoms with Crippen molar-refractivity contribution in [2.24, 2.45) is 5.92 Å². The van der Waals surface area contributed by atoms with Crippen LogP contribution in [-0.4, -0.2) is 24.7 Å². The zero-order chi connectivity index (χ0) is 12.1. The first-order valence-corrected chi connectivity index (χ1v) is 5.24. The van der Waals surface area contributed by atoms with Crippen molar-refractivity contribution in [3.63, 3.8) is 0 Å². The lowest BCUT2D eigenvalue weighted by Crippen LogP contribution is -2.29. The summed E-state index contributed by atoms with van der Waals surface area (Å²) in [6.07, 6.45) is 0.584. The molecule has 88 valence electrons. The van der Waals surface area contributed by atoms with Crippen LogP contribution in [0.3, 0.4) is 0 Å². The Kier molecular flexibility index (Phi) is 4.28. The minimum absolute atomic E-state index is 0.289. The molecule has 1 N–H and O–H groups in total. The number of hydrogen-bond donors (Lipinski definition) is 1. The summed E-state index contributed by atoms with van der Waals surface area (Å²) in [5, 5.41) is 8.93. The van der Waals surface area contributed by atoms with E-state index >= 15 is 0 Å². The molecule has 1 aromatic rings. The molecular weight excluding hydrogens is 209 g/mol. The molecule has 0 fully saturated rings. The Hall–Kier alpha value is -1.58. The van der Waals surface area contributed by atoms with E-state index in [0.29, 0.717) is 13.0 Å². The lowest BCUT2D eigenvalue weighted by atomic mass is 10.1. The lowest BCUT2D eigenvalue weighted by molar-refractivity contribution is -0.141. The van der Waals surface area contributed by atoms with Gasteiger partial charge in [-0.15, -0.1) is 0 Å². The molecule has 1 rings (SSSR count). The molecule has 1 unspecified atom stereocenters. The molecule has 0 amide bonds. The van der Waals surface area contributed by atoms with E-state index in [-0.39, 0.29) is 5.82 Å². The molecule has 0 aliphatic heterocycles. The first-order valence-electron chi connectivity index (χ1n) is 5.24. The molecule has 0 bridgehead atoms. The van der Waals surface area contributed by atoms with Crippen LogP contribution in [0.2, 0.25) is 0 Å². The van der Waals surface area contributed by atoms with Crippen molar-refractivity contribution in [2.45, 2.75) is 13.3 Å². The molecule has 0 saturated carbocycles. The predicted octanol–water partition coefficient (Wildman–Crippen LogP) is 2.37. The lowest BCUT2D eigenvalue weighted by Gasteiger charge is -2.22. The average Bonchev–Trinajstić information content (AvgIpc) is 2.26. The third-order valence-corrected chi connectivity index (χ3v) is 2.60. The van der Waals surface area contributed by atoms with Crippen LogP contribution in [0.1, 0.15) is 13.3 Å². The second-order valence-corrected chi connectivity index (χ2v) is 3.80. The van der Waals surface area contributed by atoms with Gasteiger partial charge in [0.05, 0.1) is 5.92 Å². The van der Waals surface area contributed by atoms with Gasteiger partial charge in [0.1, 0.15) is 5.82 Å². The second-order valence-electron chi connectivity index (χ2n) is 3.80. The van der Waals surface area contributed by atoms with Gasteiger partial charge >= 0.3 is 5.97 Å². The molecule has 0 saturated heterocycles. The zero-order valence-corrected chi connectivity index (χ0v) is 9.48. The van der Waals surface area contributed by atoms with Gasteiger partial charge in [0, 0.05) is 19.3 Å². The van der Waals surface area contributed by atoms with Gasteiger partial charge in [-0.2, -0.15) is 0 Å². The van der Waals surface area contributed by atoms with Crippen molar-refractivity contribution in [1.29, 1.82) is 0 Å². The molecular formula is C12H16FNO2. The third kappa shape index (κ3) is 3.22. The molecule has 0 aromatic heterocycles. The predicted molar refractivity (Wildman–Crippen MR) is 61.1 cm³/mol. The van der Waals surface area contributed by atoms with Crippen molar-refractivity contribution in [3.05, 3.63) is 30.1 Å². The minimum atomic E-state index is -0.795. The molecule has 4 heteroatoms. The molecule has 0 spiro atoms. The summed E-state index contributed by atoms with van der Waals surface area (Å²) in [5.41, 5.74) is 0.820. The van der Waals surface area contributed by atoms with Crippen LogP contribution < -0.4 is 4.90 Å². The summed E-state index contributed by atoms with van der Waals surface area (Å²) in [4.78, 5) is 12.7. The minimum Gasteiger partial charge on any atom is -0.481 e. The van der Waals surface area contributed by atoms with Gasteiger partial charge in [0.15, 0.2) is 0 Å². The summed E-state index contributed by atoms with van der Waals surface area (Å²) in [7, 11) is 1.80. The molecule has 1 atom stereocenters. The van der Waals surface area contributed by atoms with Crippen molar-refractivity contribution in [3.8, 4) is 0 Å². The standard InChI is InChI=1S/C12H16FNO2/c1-3-9(12(15)16)8-14(2)11-6-4-10(13)5-7-11/h4-7,9H,3,8H2,1-2H3,(H,15,16). The van der Waals surface area contributed by atoms with Gasteiger partial charge in [-0.1, -0.05) is 6.92 Å². The Labute approximate surface area is 94.5 Å². The van der Waals surface area contributed by atoms with E-state index in [0.717, 1.165) is 5.69 Å². The van der Waals surface area contributed by atoms with Crippen molar-refractivity contribution in [1.82, 2.24) is 0 Å². The second kappa shape index (κ2) is 5.49. The van der Waals surface area contributed by atoms with Crippen LogP contribution in [0.4, 0.5) is 10.1 Å². The van der Waals surface area contributed by atoms with Crippen LogP contribution in [0.5, 0.6) is 0 Å². The highest BCUT2D eigenvalue weighted by atomic mass is 19.1. The first kappa shape index (κ1) is 12.5. The van der Waals surface area contributed by atoms with E-state index in [1.165, 1.54) is 12.1 Å². The monoisotopic (exact) mass is 225 g/mol. The zero-order valence-electron chi connectivity index (χ0n) is 9.48. The fourth-order valence-electron chi connectivity index (χ4n) is 1.51. The largest absolute Gasteiger partial charge is 0.481 e. The number of halogens is 1. The summed E-state index contributed by atoms with van der Waals surface area (Å²) < 4.78 is 12.7. The van der Waals surface area contributed by atoms with Gasteiger partial charge in [-0.25, -0.2) is 4.39 Å². The highest BCUT2D eigenvalue weighted by molar-refractivity contribution is 5.70. The number of rotatable bonds is 5. The normalized spacial score (nSPS) is 12.2. The van der Waals surface area contributed by atoms with Crippen LogP contribution in [0.25, 0.3) is 0 Å². The van der Waals surface area contributed by atoms with Crippen LogP contribution in [0.15, 0.2) is 24.3 Å². The molecule has 16 heavy (non-hydrogen) atoms. The van der Waals surface area contributed by atoms with Crippen molar-refractivity contribution >= 4 is 11.7 Å². The van der Waals surface area contributed by atoms with E-state index < -0.39 is 11.9 Å². The molecule has 0 heterocycles. The summed E-state index contributed by atoms with van der Waals surface area (Å²) >= 11 is 0. The third-order valence-electron chi connectivity index (χ3n) is 2.60. The maximum Gasteiger partial charge on any atom is 0.308 e. The SMILES string of the molecule is CCC(CN(C)c1ccc(F)cc1)C(=O)O.